The first kappa shape index (κ1) is 3.11. The first-order valence-corrected chi connectivity index (χ1v) is 3.89. The van der Waals surface area contributed by atoms with Crippen LogP contribution in [0, 0.1) is 0 Å². The van der Waals surface area contributed by atoms with Gasteiger partial charge in [-0.25, -0.2) is 0 Å². The first-order chi connectivity index (χ1) is 8.68. The van der Waals surface area contributed by atoms with Crippen LogP contribution in [0.2, 0.25) is 0 Å². The molecule has 2 nitrogen and oxygen atoms in total. The van der Waals surface area contributed by atoms with Crippen molar-refractivity contribution in [1.82, 2.24) is 9.88 Å². The molecule has 1 aromatic rings. The molecule has 1 unspecified atom stereocenters. The third kappa shape index (κ3) is 1.34. The maximum atomic E-state index is 8.40. The van der Waals surface area contributed by atoms with Gasteiger partial charge in [0.15, 0.2) is 0 Å². The van der Waals surface area contributed by atoms with Gasteiger partial charge in [-0.15, -0.1) is 0 Å². The van der Waals surface area contributed by atoms with Crippen LogP contribution in [0.3, 0.4) is 0 Å². The number of pyridine rings is 1. The van der Waals surface area contributed by atoms with Crippen LogP contribution in [0.25, 0.3) is 0 Å². The molecule has 12 heavy (non-hydrogen) atoms. The van der Waals surface area contributed by atoms with Gasteiger partial charge in [0.2, 0.25) is 0 Å². The van der Waals surface area contributed by atoms with Gasteiger partial charge in [-0.05, 0) is 38.0 Å². The molecule has 1 aliphatic rings. The van der Waals surface area contributed by atoms with Gasteiger partial charge in [0.25, 0.3) is 0 Å². The summed E-state index contributed by atoms with van der Waals surface area (Å²) < 4.78 is 53.6. The van der Waals surface area contributed by atoms with Crippen LogP contribution < -0.4 is 0 Å². The summed E-state index contributed by atoms with van der Waals surface area (Å²) in [5.41, 5.74) is 0.0853. The van der Waals surface area contributed by atoms with E-state index in [0.717, 1.165) is 4.90 Å². The zero-order chi connectivity index (χ0) is 14.4. The summed E-state index contributed by atoms with van der Waals surface area (Å²) in [7, 11) is 0. The van der Waals surface area contributed by atoms with E-state index < -0.39 is 13.0 Å². The second-order valence-electron chi connectivity index (χ2n) is 2.74. The summed E-state index contributed by atoms with van der Waals surface area (Å²) in [5, 5.41) is 0. The molecule has 0 bridgehead atoms. The van der Waals surface area contributed by atoms with Gasteiger partial charge in [0.1, 0.15) is 0 Å². The normalized spacial score (nSPS) is 40.2. The van der Waals surface area contributed by atoms with Gasteiger partial charge in [0.05, 0.1) is 5.48 Å². The zero-order valence-electron chi connectivity index (χ0n) is 13.6. The molecule has 2 heterocycles. The van der Waals surface area contributed by atoms with Crippen LogP contribution in [0.4, 0.5) is 0 Å². The number of hydrogen-bond donors (Lipinski definition) is 0. The van der Waals surface area contributed by atoms with Gasteiger partial charge in [-0.1, -0.05) is 6.04 Å². The van der Waals surface area contributed by atoms with Crippen molar-refractivity contribution in [3.63, 3.8) is 0 Å². The highest BCUT2D eigenvalue weighted by Gasteiger charge is 2.21. The number of rotatable bonds is 1. The van der Waals surface area contributed by atoms with Crippen molar-refractivity contribution < 1.29 is 9.60 Å². The lowest BCUT2D eigenvalue weighted by Crippen LogP contribution is -2.17. The Morgan fingerprint density at radius 3 is 3.83 bits per heavy atom. The third-order valence-electron chi connectivity index (χ3n) is 1.94. The van der Waals surface area contributed by atoms with Crippen molar-refractivity contribution in [3.8, 4) is 0 Å². The fourth-order valence-corrected chi connectivity index (χ4v) is 1.36. The average Bonchev–Trinajstić information content (AvgIpc) is 2.69. The molecule has 2 heteroatoms. The van der Waals surface area contributed by atoms with Crippen LogP contribution in [-0.4, -0.2) is 23.4 Å². The average molecular weight is 169 g/mol. The standard InChI is InChI=1S/C10H14N2/c1-12-7-3-5-10(12)9-4-2-6-11-8-9/h2,4,6,8,10H,3,5,7H2,1H3/i1D3,2D,4D,6D,10D. The van der Waals surface area contributed by atoms with Gasteiger partial charge in [0, 0.05) is 22.5 Å². The summed E-state index contributed by atoms with van der Waals surface area (Å²) in [6.45, 7) is -2.18. The molecular formula is C10H14N2. The Kier molecular flexibility index (Phi) is 0.838. The minimum absolute atomic E-state index is 0.0853. The van der Waals surface area contributed by atoms with E-state index in [4.69, 9.17) is 9.60 Å². The molecular weight excluding hydrogens is 148 g/mol. The summed E-state index contributed by atoms with van der Waals surface area (Å²) in [5.74, 6) is 0. The zero-order valence-corrected chi connectivity index (χ0v) is 6.59. The van der Waals surface area contributed by atoms with Gasteiger partial charge < -0.3 is 0 Å². The maximum absolute atomic E-state index is 8.40. The van der Waals surface area contributed by atoms with E-state index in [9.17, 15) is 0 Å². The highest BCUT2D eigenvalue weighted by Crippen LogP contribution is 2.29. The summed E-state index contributed by atoms with van der Waals surface area (Å²) in [6.07, 6.45) is 1.66. The van der Waals surface area contributed by atoms with Gasteiger partial charge in [-0.2, -0.15) is 0 Å². The number of aromatic nitrogens is 1. The molecule has 1 fully saturated rings. The maximum Gasteiger partial charge on any atom is 0.0840 e. The van der Waals surface area contributed by atoms with Crippen LogP contribution in [0.15, 0.2) is 24.5 Å². The fraction of sp³-hybridized carbons (Fsp3) is 0.500. The minimum Gasteiger partial charge on any atom is -0.299 e. The molecule has 1 aliphatic heterocycles. The second kappa shape index (κ2) is 3.23. The lowest BCUT2D eigenvalue weighted by atomic mass is 10.1. The van der Waals surface area contributed by atoms with Crippen molar-refractivity contribution in [2.24, 2.45) is 0 Å². The Bertz CT molecular complexity index is 501. The largest absolute Gasteiger partial charge is 0.299 e. The monoisotopic (exact) mass is 169 g/mol. The third-order valence-corrected chi connectivity index (χ3v) is 1.94. The Labute approximate surface area is 83.1 Å². The summed E-state index contributed by atoms with van der Waals surface area (Å²) in [6, 6.07) is -2.23. The van der Waals surface area contributed by atoms with Crippen molar-refractivity contribution in [2.75, 3.05) is 13.5 Å². The van der Waals surface area contributed by atoms with Gasteiger partial charge in [-0.3, -0.25) is 9.88 Å². The predicted octanol–water partition coefficient (Wildman–Crippen LogP) is 1.85. The number of hydrogen-bond acceptors (Lipinski definition) is 2. The molecule has 2 rings (SSSR count). The molecule has 0 aliphatic carbocycles. The van der Waals surface area contributed by atoms with E-state index in [1.165, 1.54) is 6.20 Å². The van der Waals surface area contributed by atoms with Crippen molar-refractivity contribution in [2.45, 2.75) is 18.9 Å². The molecule has 0 amide bonds. The highest BCUT2D eigenvalue weighted by molar-refractivity contribution is 5.14. The highest BCUT2D eigenvalue weighted by atomic mass is 15.1. The summed E-state index contributed by atoms with van der Waals surface area (Å²) >= 11 is 0. The topological polar surface area (TPSA) is 16.1 Å². The Morgan fingerprint density at radius 1 is 1.92 bits per heavy atom. The molecule has 0 aromatic carbocycles. The van der Waals surface area contributed by atoms with E-state index >= 15 is 0 Å². The van der Waals surface area contributed by atoms with Crippen LogP contribution in [-0.2, 0) is 0 Å². The molecule has 1 saturated heterocycles. The Morgan fingerprint density at radius 2 is 2.92 bits per heavy atom. The molecule has 1 atom stereocenters. The van der Waals surface area contributed by atoms with Crippen molar-refractivity contribution >= 4 is 0 Å². The molecule has 0 saturated carbocycles. The van der Waals surface area contributed by atoms with Crippen LogP contribution in [0.1, 0.15) is 34.0 Å². The SMILES string of the molecule is [2H]c1ncc(C2([2H])CCCN2C([2H])([2H])[2H])c([2H])c1[2H]. The van der Waals surface area contributed by atoms with Gasteiger partial charge >= 0.3 is 0 Å². The van der Waals surface area contributed by atoms with E-state index in [1.807, 2.05) is 0 Å². The van der Waals surface area contributed by atoms with E-state index in [-0.39, 0.29) is 36.8 Å². The van der Waals surface area contributed by atoms with E-state index in [1.54, 1.807) is 0 Å². The second-order valence-corrected chi connectivity index (χ2v) is 2.74. The Balaban J connectivity index is 2.53. The van der Waals surface area contributed by atoms with E-state index in [2.05, 4.69) is 4.98 Å². The minimum atomic E-state index is -2.42. The van der Waals surface area contributed by atoms with Crippen molar-refractivity contribution in [1.29, 1.82) is 0 Å². The first-order valence-electron chi connectivity index (χ1n) is 7.39. The summed E-state index contributed by atoms with van der Waals surface area (Å²) in [4.78, 5) is 4.73. The van der Waals surface area contributed by atoms with Crippen LogP contribution in [0.5, 0.6) is 0 Å². The predicted molar refractivity (Wildman–Crippen MR) is 48.8 cm³/mol. The Hall–Kier alpha value is -0.890. The fourth-order valence-electron chi connectivity index (χ4n) is 1.36. The molecule has 0 radical (unpaired) electrons. The number of likely N-dealkylation sites (tertiary alicyclic amines) is 1. The molecule has 64 valence electrons. The number of nitrogens with zero attached hydrogens (tertiary/aromatic N) is 2. The van der Waals surface area contributed by atoms with Crippen molar-refractivity contribution in [3.05, 3.63) is 30.0 Å². The molecule has 0 spiro atoms. The lowest BCUT2D eigenvalue weighted by molar-refractivity contribution is 0.317. The smallest absolute Gasteiger partial charge is 0.0840 e. The quantitative estimate of drug-likeness (QED) is 0.638. The molecule has 1 aromatic heterocycles. The molecule has 0 N–H and O–H groups in total. The van der Waals surface area contributed by atoms with E-state index in [0.29, 0.717) is 6.42 Å². The van der Waals surface area contributed by atoms with Crippen LogP contribution >= 0.6 is 0 Å². The lowest BCUT2D eigenvalue weighted by Gasteiger charge is -2.18.